The topological polar surface area (TPSA) is 50.1 Å². The van der Waals surface area contributed by atoms with Gasteiger partial charge in [0.25, 0.3) is 6.57 Å². The van der Waals surface area contributed by atoms with Gasteiger partial charge in [-0.15, -0.1) is 0 Å². The molecule has 0 aliphatic carbocycles. The summed E-state index contributed by atoms with van der Waals surface area (Å²) in [7, 11) is 1.37. The highest BCUT2D eigenvalue weighted by atomic mass is 32.7. The highest BCUT2D eigenvalue weighted by Crippen LogP contribution is 2.55. The van der Waals surface area contributed by atoms with Crippen molar-refractivity contribution in [1.29, 1.82) is 0 Å². The Morgan fingerprint density at radius 3 is 2.38 bits per heavy atom. The van der Waals surface area contributed by atoms with E-state index in [9.17, 15) is 4.57 Å². The summed E-state index contributed by atoms with van der Waals surface area (Å²) in [5.41, 5.74) is 6.75. The van der Waals surface area contributed by atoms with Gasteiger partial charge in [-0.2, -0.15) is 0 Å². The predicted molar refractivity (Wildman–Crippen MR) is 36.1 cm³/mol. The maximum Gasteiger partial charge on any atom is 0.271 e. The molecule has 0 fully saturated rings. The first-order valence-electron chi connectivity index (χ1n) is 2.03. The highest BCUT2D eigenvalue weighted by molar-refractivity contribution is 8.56. The Hall–Kier alpha value is 0.500. The van der Waals surface area contributed by atoms with E-state index in [0.717, 1.165) is 11.4 Å². The average Bonchev–Trinajstić information content (AvgIpc) is 1.87. The second kappa shape index (κ2) is 3.51. The van der Waals surface area contributed by atoms with Crippen LogP contribution in [0.3, 0.4) is 0 Å². The molecule has 0 saturated carbocycles. The maximum atomic E-state index is 10.9. The molecule has 49 valence electrons. The number of hydrogen-bond acceptors (Lipinski definition) is 3. The molecule has 0 heterocycles. The van der Waals surface area contributed by atoms with E-state index in [-0.39, 0.29) is 6.29 Å². The monoisotopic (exact) mass is 154 g/mol. The molecule has 0 bridgehead atoms. The van der Waals surface area contributed by atoms with E-state index in [1.807, 2.05) is 0 Å². The standard InChI is InChI=1S/C3H9NO2PS/c1-6-7(5,3-4)8-2/h4H,3H2,1-2H3. The molecule has 3 nitrogen and oxygen atoms in total. The van der Waals surface area contributed by atoms with Crippen molar-refractivity contribution < 1.29 is 9.09 Å². The molecule has 0 aliphatic heterocycles. The predicted octanol–water partition coefficient (Wildman–Crippen LogP) is 1.43. The van der Waals surface area contributed by atoms with E-state index in [2.05, 4.69) is 4.52 Å². The van der Waals surface area contributed by atoms with E-state index in [1.165, 1.54) is 7.11 Å². The van der Waals surface area contributed by atoms with Crippen LogP contribution in [0, 0.1) is 0 Å². The van der Waals surface area contributed by atoms with Crippen LogP contribution in [0.25, 0.3) is 0 Å². The van der Waals surface area contributed by atoms with Crippen molar-refractivity contribution in [3.8, 4) is 0 Å². The lowest BCUT2D eigenvalue weighted by Gasteiger charge is -2.07. The minimum absolute atomic E-state index is 0.134. The van der Waals surface area contributed by atoms with Gasteiger partial charge in [-0.1, -0.05) is 11.4 Å². The summed E-state index contributed by atoms with van der Waals surface area (Å²) in [6.07, 6.45) is 1.55. The van der Waals surface area contributed by atoms with E-state index < -0.39 is 6.57 Å². The molecule has 8 heavy (non-hydrogen) atoms. The zero-order chi connectivity index (χ0) is 6.62. The summed E-state index contributed by atoms with van der Waals surface area (Å²) in [4.78, 5) is 0. The van der Waals surface area contributed by atoms with Crippen LogP contribution in [-0.4, -0.2) is 19.7 Å². The maximum absolute atomic E-state index is 10.9. The first-order chi connectivity index (χ1) is 3.68. The second-order valence-corrected chi connectivity index (χ2v) is 6.17. The lowest BCUT2D eigenvalue weighted by molar-refractivity contribution is 0.409. The van der Waals surface area contributed by atoms with Gasteiger partial charge in [0.15, 0.2) is 0 Å². The summed E-state index contributed by atoms with van der Waals surface area (Å²) >= 11 is 1.12. The Kier molecular flexibility index (Phi) is 3.73. The Labute approximate surface area is 53.2 Å². The van der Waals surface area contributed by atoms with Crippen LogP contribution >= 0.6 is 18.0 Å². The zero-order valence-electron chi connectivity index (χ0n) is 4.88. The Morgan fingerprint density at radius 2 is 2.38 bits per heavy atom. The lowest BCUT2D eigenvalue weighted by Crippen LogP contribution is -1.86. The summed E-state index contributed by atoms with van der Waals surface area (Å²) < 4.78 is 15.4. The number of rotatable bonds is 3. The van der Waals surface area contributed by atoms with Gasteiger partial charge in [-0.3, -0.25) is 4.57 Å². The lowest BCUT2D eigenvalue weighted by atomic mass is 11.6. The van der Waals surface area contributed by atoms with Crippen LogP contribution < -0.4 is 5.73 Å². The van der Waals surface area contributed by atoms with Crippen molar-refractivity contribution in [2.45, 2.75) is 0 Å². The molecule has 0 aliphatic rings. The van der Waals surface area contributed by atoms with Gasteiger partial charge < -0.3 is 4.52 Å². The minimum Gasteiger partial charge on any atom is -0.324 e. The average molecular weight is 154 g/mol. The first-order valence-corrected chi connectivity index (χ1v) is 5.67. The molecule has 0 aromatic rings. The van der Waals surface area contributed by atoms with Crippen molar-refractivity contribution in [2.75, 3.05) is 19.7 Å². The van der Waals surface area contributed by atoms with E-state index in [0.29, 0.717) is 0 Å². The molecule has 0 saturated heterocycles. The van der Waals surface area contributed by atoms with Gasteiger partial charge in [0.05, 0.1) is 6.29 Å². The van der Waals surface area contributed by atoms with E-state index >= 15 is 0 Å². The van der Waals surface area contributed by atoms with E-state index in [1.54, 1.807) is 6.26 Å². The van der Waals surface area contributed by atoms with Gasteiger partial charge >= 0.3 is 0 Å². The zero-order valence-corrected chi connectivity index (χ0v) is 6.59. The van der Waals surface area contributed by atoms with Crippen LogP contribution in [0.1, 0.15) is 0 Å². The normalized spacial score (nSPS) is 17.9. The highest BCUT2D eigenvalue weighted by Gasteiger charge is 2.16. The molecule has 1 unspecified atom stereocenters. The molecule has 0 aromatic heterocycles. The Bertz CT molecular complexity index is 88.4. The van der Waals surface area contributed by atoms with Crippen LogP contribution in [0.4, 0.5) is 0 Å². The fraction of sp³-hybridized carbons (Fsp3) is 1.00. The van der Waals surface area contributed by atoms with Gasteiger partial charge in [-0.05, 0) is 6.26 Å². The largest absolute Gasteiger partial charge is 0.324 e. The molecule has 0 spiro atoms. The minimum atomic E-state index is -2.58. The number of hydrogen-bond donors (Lipinski definition) is 0. The van der Waals surface area contributed by atoms with Gasteiger partial charge in [-0.25, -0.2) is 5.73 Å². The van der Waals surface area contributed by atoms with Gasteiger partial charge in [0.2, 0.25) is 0 Å². The third-order valence-electron chi connectivity index (χ3n) is 0.750. The van der Waals surface area contributed by atoms with Gasteiger partial charge in [0.1, 0.15) is 0 Å². The SMILES string of the molecule is COP(=O)(C[NH])SC. The van der Waals surface area contributed by atoms with Crippen LogP contribution in [0.15, 0.2) is 0 Å². The summed E-state index contributed by atoms with van der Waals surface area (Å²) in [5, 5.41) is 0. The van der Waals surface area contributed by atoms with Crippen molar-refractivity contribution >= 4 is 18.0 Å². The van der Waals surface area contributed by atoms with Crippen LogP contribution in [0.2, 0.25) is 0 Å². The van der Waals surface area contributed by atoms with Crippen LogP contribution in [-0.2, 0) is 9.09 Å². The second-order valence-electron chi connectivity index (χ2n) is 1.13. The molecule has 1 N–H and O–H groups in total. The Morgan fingerprint density at radius 1 is 1.88 bits per heavy atom. The first kappa shape index (κ1) is 8.50. The van der Waals surface area contributed by atoms with E-state index in [4.69, 9.17) is 5.73 Å². The molecule has 5 heteroatoms. The van der Waals surface area contributed by atoms with Crippen molar-refractivity contribution in [3.05, 3.63) is 0 Å². The van der Waals surface area contributed by atoms with Crippen molar-refractivity contribution in [1.82, 2.24) is 5.73 Å². The third-order valence-corrected chi connectivity index (χ3v) is 4.75. The summed E-state index contributed by atoms with van der Waals surface area (Å²) in [6, 6.07) is 0. The van der Waals surface area contributed by atoms with Gasteiger partial charge in [0, 0.05) is 7.11 Å². The molecule has 1 radical (unpaired) electrons. The third kappa shape index (κ3) is 2.18. The Balaban J connectivity index is 3.79. The smallest absolute Gasteiger partial charge is 0.271 e. The van der Waals surface area contributed by atoms with Crippen molar-refractivity contribution in [2.24, 2.45) is 0 Å². The molecular formula is C3H9NO2PS. The summed E-state index contributed by atoms with van der Waals surface area (Å²) in [6.45, 7) is -2.58. The van der Waals surface area contributed by atoms with Crippen molar-refractivity contribution in [3.63, 3.8) is 0 Å². The van der Waals surface area contributed by atoms with Crippen LogP contribution in [0.5, 0.6) is 0 Å². The molecular weight excluding hydrogens is 145 g/mol. The molecule has 0 amide bonds. The fourth-order valence-corrected chi connectivity index (χ4v) is 1.45. The quantitative estimate of drug-likeness (QED) is 0.578. The molecule has 1 atom stereocenters. The number of nitrogens with one attached hydrogen (secondary N) is 1. The molecule has 0 aromatic carbocycles. The summed E-state index contributed by atoms with van der Waals surface area (Å²) in [5.74, 6) is 0. The molecule has 0 rings (SSSR count). The fourth-order valence-electron chi connectivity index (χ4n) is 0.204.